The lowest BCUT2D eigenvalue weighted by Crippen LogP contribution is -2.24. The molecule has 1 aromatic heterocycles. The summed E-state index contributed by atoms with van der Waals surface area (Å²) in [5.74, 6) is 1.30. The van der Waals surface area contributed by atoms with Gasteiger partial charge in [-0.15, -0.1) is 0 Å². The fraction of sp³-hybridized carbons (Fsp3) is 0.267. The number of halogens is 1. The number of carbonyl (C=O) groups excluding carboxylic acids is 1. The molecule has 1 amide bonds. The van der Waals surface area contributed by atoms with Crippen molar-refractivity contribution in [2.45, 2.75) is 12.8 Å². The van der Waals surface area contributed by atoms with Crippen molar-refractivity contribution in [3.05, 3.63) is 29.4 Å². The molecule has 1 aliphatic rings. The van der Waals surface area contributed by atoms with Gasteiger partial charge in [0.25, 0.3) is 0 Å². The van der Waals surface area contributed by atoms with E-state index in [0.29, 0.717) is 24.5 Å². The Labute approximate surface area is 138 Å². The van der Waals surface area contributed by atoms with Gasteiger partial charge in [-0.3, -0.25) is 4.79 Å². The van der Waals surface area contributed by atoms with E-state index in [1.807, 2.05) is 12.1 Å². The molecule has 1 saturated heterocycles. The molecule has 7 nitrogen and oxygen atoms in total. The molecule has 3 rings (SSSR count). The minimum Gasteiger partial charge on any atom is -0.495 e. The number of benzene rings is 1. The van der Waals surface area contributed by atoms with Gasteiger partial charge in [0, 0.05) is 24.7 Å². The summed E-state index contributed by atoms with van der Waals surface area (Å²) in [6.45, 7) is 0.685. The van der Waals surface area contributed by atoms with Crippen LogP contribution in [0.3, 0.4) is 0 Å². The lowest BCUT2D eigenvalue weighted by Gasteiger charge is -2.20. The molecule has 0 spiro atoms. The van der Waals surface area contributed by atoms with Crippen LogP contribution in [0.4, 0.5) is 23.1 Å². The Hall–Kier alpha value is -2.54. The molecule has 0 saturated carbocycles. The van der Waals surface area contributed by atoms with E-state index in [1.54, 1.807) is 24.1 Å². The van der Waals surface area contributed by atoms with Gasteiger partial charge in [0.2, 0.25) is 11.9 Å². The van der Waals surface area contributed by atoms with Crippen molar-refractivity contribution in [2.24, 2.45) is 0 Å². The van der Waals surface area contributed by atoms with Crippen molar-refractivity contribution in [2.75, 3.05) is 29.6 Å². The number of carbonyl (C=O) groups is 1. The zero-order chi connectivity index (χ0) is 16.4. The number of nitrogen functional groups attached to an aromatic ring is 1. The summed E-state index contributed by atoms with van der Waals surface area (Å²) in [6, 6.07) is 7.04. The number of aromatic nitrogens is 2. The number of ether oxygens (including phenoxy) is 1. The molecular weight excluding hydrogens is 318 g/mol. The molecule has 2 aromatic rings. The monoisotopic (exact) mass is 333 g/mol. The molecule has 3 N–H and O–H groups in total. The van der Waals surface area contributed by atoms with Gasteiger partial charge in [0.05, 0.1) is 12.8 Å². The maximum absolute atomic E-state index is 12.0. The van der Waals surface area contributed by atoms with Gasteiger partial charge < -0.3 is 20.7 Å². The first-order valence-electron chi connectivity index (χ1n) is 7.12. The summed E-state index contributed by atoms with van der Waals surface area (Å²) >= 11 is 5.87. The van der Waals surface area contributed by atoms with Gasteiger partial charge in [0.15, 0.2) is 0 Å². The van der Waals surface area contributed by atoms with Crippen LogP contribution in [0.15, 0.2) is 24.3 Å². The Morgan fingerprint density at radius 1 is 1.35 bits per heavy atom. The van der Waals surface area contributed by atoms with E-state index >= 15 is 0 Å². The molecule has 23 heavy (non-hydrogen) atoms. The smallest absolute Gasteiger partial charge is 0.227 e. The van der Waals surface area contributed by atoms with Crippen LogP contribution in [0, 0.1) is 0 Å². The second-order valence-electron chi connectivity index (χ2n) is 5.09. The van der Waals surface area contributed by atoms with Gasteiger partial charge in [-0.25, -0.2) is 4.98 Å². The van der Waals surface area contributed by atoms with Crippen molar-refractivity contribution in [1.82, 2.24) is 9.97 Å². The van der Waals surface area contributed by atoms with E-state index in [2.05, 4.69) is 15.3 Å². The summed E-state index contributed by atoms with van der Waals surface area (Å²) in [5.41, 5.74) is 7.06. The molecular formula is C15H16ClN5O2. The molecule has 8 heteroatoms. The summed E-state index contributed by atoms with van der Waals surface area (Å²) in [7, 11) is 1.58. The van der Waals surface area contributed by atoms with Gasteiger partial charge in [-0.05, 0) is 24.6 Å². The van der Waals surface area contributed by atoms with Gasteiger partial charge in [-0.1, -0.05) is 11.6 Å². The average molecular weight is 334 g/mol. The normalized spacial score (nSPS) is 14.2. The highest BCUT2D eigenvalue weighted by atomic mass is 35.5. The highest BCUT2D eigenvalue weighted by Crippen LogP contribution is 2.34. The Morgan fingerprint density at radius 3 is 2.83 bits per heavy atom. The van der Waals surface area contributed by atoms with Gasteiger partial charge in [-0.2, -0.15) is 4.98 Å². The fourth-order valence-corrected chi connectivity index (χ4v) is 2.72. The summed E-state index contributed by atoms with van der Waals surface area (Å²) in [4.78, 5) is 21.6. The first kappa shape index (κ1) is 15.4. The Balaban J connectivity index is 1.92. The van der Waals surface area contributed by atoms with Crippen LogP contribution < -0.4 is 20.7 Å². The van der Waals surface area contributed by atoms with E-state index < -0.39 is 0 Å². The van der Waals surface area contributed by atoms with E-state index in [0.717, 1.165) is 17.8 Å². The quantitative estimate of drug-likeness (QED) is 0.835. The first-order chi connectivity index (χ1) is 11.1. The molecule has 1 aromatic carbocycles. The lowest BCUT2D eigenvalue weighted by molar-refractivity contribution is -0.117. The summed E-state index contributed by atoms with van der Waals surface area (Å²) in [6.07, 6.45) is 1.40. The maximum atomic E-state index is 12.0. The van der Waals surface area contributed by atoms with E-state index in [4.69, 9.17) is 22.1 Å². The predicted octanol–water partition coefficient (Wildman–Crippen LogP) is 2.59. The lowest BCUT2D eigenvalue weighted by atomic mass is 10.2. The number of nitrogens with one attached hydrogen (secondary N) is 1. The number of amides is 1. The Kier molecular flexibility index (Phi) is 4.20. The number of anilines is 4. The van der Waals surface area contributed by atoms with Gasteiger partial charge in [0.1, 0.15) is 16.7 Å². The first-order valence-corrected chi connectivity index (χ1v) is 7.50. The van der Waals surface area contributed by atoms with E-state index in [-0.39, 0.29) is 17.0 Å². The van der Waals surface area contributed by atoms with Crippen LogP contribution in [0.25, 0.3) is 0 Å². The van der Waals surface area contributed by atoms with E-state index in [1.165, 1.54) is 0 Å². The third-order valence-corrected chi connectivity index (χ3v) is 3.72. The molecule has 0 aliphatic carbocycles. The number of rotatable bonds is 4. The topological polar surface area (TPSA) is 93.4 Å². The second kappa shape index (κ2) is 6.29. The maximum Gasteiger partial charge on any atom is 0.227 e. The van der Waals surface area contributed by atoms with E-state index in [9.17, 15) is 4.79 Å². The summed E-state index contributed by atoms with van der Waals surface area (Å²) in [5, 5.41) is 3.36. The number of nitrogens with zero attached hydrogens (tertiary/aromatic N) is 3. The van der Waals surface area contributed by atoms with Crippen LogP contribution in [-0.4, -0.2) is 29.5 Å². The Bertz CT molecular complexity index is 732. The second-order valence-corrected chi connectivity index (χ2v) is 5.48. The highest BCUT2D eigenvalue weighted by Gasteiger charge is 2.24. The van der Waals surface area contributed by atoms with Crippen molar-refractivity contribution in [1.29, 1.82) is 0 Å². The van der Waals surface area contributed by atoms with Crippen molar-refractivity contribution < 1.29 is 9.53 Å². The third-order valence-electron chi connectivity index (χ3n) is 3.53. The molecule has 1 fully saturated rings. The molecule has 0 radical (unpaired) electrons. The largest absolute Gasteiger partial charge is 0.495 e. The molecule has 0 bridgehead atoms. The van der Waals surface area contributed by atoms with Crippen LogP contribution >= 0.6 is 11.6 Å². The zero-order valence-corrected chi connectivity index (χ0v) is 13.3. The highest BCUT2D eigenvalue weighted by molar-refractivity contribution is 6.29. The van der Waals surface area contributed by atoms with Crippen LogP contribution in [0.5, 0.6) is 5.75 Å². The SMILES string of the molecule is COc1ccc(Nc2cc(Cl)nc(N)n2)cc1N1CCCC1=O. The summed E-state index contributed by atoms with van der Waals surface area (Å²) < 4.78 is 5.36. The average Bonchev–Trinajstić information content (AvgIpc) is 2.92. The minimum absolute atomic E-state index is 0.0865. The minimum atomic E-state index is 0.0865. The standard InChI is InChI=1S/C15H16ClN5O2/c1-23-11-5-4-9(7-10(11)21-6-2-3-14(21)22)18-13-8-12(16)19-15(17)20-13/h4-5,7-8H,2-3,6H2,1H3,(H3,17,18,19,20). The van der Waals surface area contributed by atoms with Crippen LogP contribution in [0.1, 0.15) is 12.8 Å². The Morgan fingerprint density at radius 2 is 2.17 bits per heavy atom. The van der Waals surface area contributed by atoms with Crippen LogP contribution in [0.2, 0.25) is 5.15 Å². The third kappa shape index (κ3) is 3.29. The number of methoxy groups -OCH3 is 1. The van der Waals surface area contributed by atoms with Crippen molar-refractivity contribution in [3.8, 4) is 5.75 Å². The zero-order valence-electron chi connectivity index (χ0n) is 12.5. The number of hydrogen-bond donors (Lipinski definition) is 2. The molecule has 0 unspecified atom stereocenters. The molecule has 1 aliphatic heterocycles. The van der Waals surface area contributed by atoms with Crippen molar-refractivity contribution >= 4 is 40.6 Å². The fourth-order valence-electron chi connectivity index (χ4n) is 2.53. The van der Waals surface area contributed by atoms with Crippen LogP contribution in [-0.2, 0) is 4.79 Å². The number of nitrogens with two attached hydrogens (primary N) is 1. The van der Waals surface area contributed by atoms with Gasteiger partial charge >= 0.3 is 0 Å². The predicted molar refractivity (Wildman–Crippen MR) is 89.3 cm³/mol. The van der Waals surface area contributed by atoms with Crippen molar-refractivity contribution in [3.63, 3.8) is 0 Å². The number of hydrogen-bond acceptors (Lipinski definition) is 6. The molecule has 2 heterocycles. The molecule has 120 valence electrons. The molecule has 0 atom stereocenters.